The van der Waals surface area contributed by atoms with Gasteiger partial charge >= 0.3 is 0 Å². The fraction of sp³-hybridized carbons (Fsp3) is 0.111. The van der Waals surface area contributed by atoms with Gasteiger partial charge in [0.1, 0.15) is 11.2 Å². The summed E-state index contributed by atoms with van der Waals surface area (Å²) in [5.41, 5.74) is 18.7. The first kappa shape index (κ1) is 45.4. The van der Waals surface area contributed by atoms with Crippen LogP contribution in [0.4, 0.5) is 51.2 Å². The molecule has 0 bridgehead atoms. The lowest BCUT2D eigenvalue weighted by atomic mass is 9.33. The highest BCUT2D eigenvalue weighted by molar-refractivity contribution is 7.26. The molecule has 78 heavy (non-hydrogen) atoms. The molecule has 0 atom stereocenters. The predicted octanol–water partition coefficient (Wildman–Crippen LogP) is 19.0. The van der Waals surface area contributed by atoms with E-state index >= 15 is 0 Å². The molecule has 4 nitrogen and oxygen atoms in total. The molecule has 4 heterocycles. The molecule has 0 spiro atoms. The Morgan fingerprint density at radius 2 is 1.00 bits per heavy atom. The zero-order valence-electron chi connectivity index (χ0n) is 44.5. The van der Waals surface area contributed by atoms with E-state index < -0.39 is 0 Å². The van der Waals surface area contributed by atoms with E-state index in [0.29, 0.717) is 0 Å². The fourth-order valence-electron chi connectivity index (χ4n) is 13.3. The van der Waals surface area contributed by atoms with Gasteiger partial charge in [0.15, 0.2) is 0 Å². The molecule has 0 amide bonds. The first-order valence-electron chi connectivity index (χ1n) is 27.3. The summed E-state index contributed by atoms with van der Waals surface area (Å²) in [6.45, 7) is 13.7. The van der Waals surface area contributed by atoms with Crippen molar-refractivity contribution in [2.45, 2.75) is 52.4 Å². The van der Waals surface area contributed by atoms with E-state index in [2.05, 4.69) is 275 Å². The maximum absolute atomic E-state index is 6.48. The maximum Gasteiger partial charge on any atom is 0.252 e. The number of hydrogen-bond donors (Lipinski definition) is 0. The monoisotopic (exact) mass is 1020 g/mol. The lowest BCUT2D eigenvalue weighted by Crippen LogP contribution is -2.61. The molecule has 12 aromatic carbocycles. The molecule has 0 N–H and O–H groups in total. The number of fused-ring (bicyclic) bond motifs is 11. The Balaban J connectivity index is 0.981. The van der Waals surface area contributed by atoms with Crippen LogP contribution >= 0.6 is 11.3 Å². The Bertz CT molecular complexity index is 4770. The summed E-state index contributed by atoms with van der Waals surface area (Å²) in [4.78, 5) is 7.64. The summed E-state index contributed by atoms with van der Waals surface area (Å²) in [5, 5.41) is 12.3. The smallest absolute Gasteiger partial charge is 0.252 e. The SMILES string of the molecule is CC(C)(C)c1ccc(N2c3cc(N(c4ccc5oc6ccccc6c5c4)c4ccc5ccc6cccc7ccc4c5c67)ccc3B3c4ccc5c(sc6ccccc65)c4N(c4ccc(C(C)(C)C)cc4)c4cccc2c43)cc1. The van der Waals surface area contributed by atoms with Gasteiger partial charge in [0.2, 0.25) is 0 Å². The van der Waals surface area contributed by atoms with Crippen LogP contribution in [0.3, 0.4) is 0 Å². The molecule has 2 aliphatic rings. The Labute approximate surface area is 458 Å². The van der Waals surface area contributed by atoms with Gasteiger partial charge in [-0.3, -0.25) is 0 Å². The van der Waals surface area contributed by atoms with Crippen molar-refractivity contribution in [3.05, 3.63) is 230 Å². The number of hydrogen-bond acceptors (Lipinski definition) is 5. The topological polar surface area (TPSA) is 22.9 Å². The summed E-state index contributed by atoms with van der Waals surface area (Å²) in [6, 6.07) is 82.5. The molecular formula is C72H54BN3OS. The molecule has 0 fully saturated rings. The molecule has 14 aromatic rings. The first-order chi connectivity index (χ1) is 37.9. The van der Waals surface area contributed by atoms with Gasteiger partial charge in [-0.25, -0.2) is 0 Å². The van der Waals surface area contributed by atoms with E-state index in [-0.39, 0.29) is 17.5 Å². The molecule has 0 radical (unpaired) electrons. The largest absolute Gasteiger partial charge is 0.456 e. The zero-order chi connectivity index (χ0) is 52.3. The van der Waals surface area contributed by atoms with Crippen LogP contribution in [0.25, 0.3) is 74.4 Å². The third-order valence-corrected chi connectivity index (χ3v) is 18.3. The highest BCUT2D eigenvalue weighted by Gasteiger charge is 2.44. The molecule has 16 rings (SSSR count). The minimum absolute atomic E-state index is 0.00418. The number of rotatable bonds is 5. The highest BCUT2D eigenvalue weighted by Crippen LogP contribution is 2.51. The number of benzene rings is 12. The van der Waals surface area contributed by atoms with Crippen molar-refractivity contribution >= 4 is 160 Å². The maximum atomic E-state index is 6.48. The van der Waals surface area contributed by atoms with Crippen LogP contribution in [-0.2, 0) is 10.8 Å². The van der Waals surface area contributed by atoms with Gasteiger partial charge in [-0.1, -0.05) is 175 Å². The molecule has 6 heteroatoms. The molecule has 0 saturated carbocycles. The van der Waals surface area contributed by atoms with E-state index in [4.69, 9.17) is 4.42 Å². The average molecular weight is 1020 g/mol. The molecule has 372 valence electrons. The Kier molecular flexibility index (Phi) is 9.51. The van der Waals surface area contributed by atoms with Crippen molar-refractivity contribution in [3.63, 3.8) is 0 Å². The normalized spacial score (nSPS) is 13.4. The zero-order valence-corrected chi connectivity index (χ0v) is 45.3. The van der Waals surface area contributed by atoms with Gasteiger partial charge in [0.05, 0.1) is 16.1 Å². The van der Waals surface area contributed by atoms with Crippen molar-refractivity contribution in [2.24, 2.45) is 0 Å². The lowest BCUT2D eigenvalue weighted by Gasteiger charge is -2.44. The number of furan rings is 1. The fourth-order valence-corrected chi connectivity index (χ4v) is 14.5. The van der Waals surface area contributed by atoms with Gasteiger partial charge in [-0.15, -0.1) is 11.3 Å². The first-order valence-corrected chi connectivity index (χ1v) is 28.2. The van der Waals surface area contributed by atoms with Crippen LogP contribution in [0.15, 0.2) is 223 Å². The summed E-state index contributed by atoms with van der Waals surface area (Å²) in [7, 11) is 0. The van der Waals surface area contributed by atoms with Crippen LogP contribution in [0.5, 0.6) is 0 Å². The van der Waals surface area contributed by atoms with E-state index in [1.807, 2.05) is 11.3 Å². The summed E-state index contributed by atoms with van der Waals surface area (Å²) in [6.07, 6.45) is 0. The second-order valence-corrected chi connectivity index (χ2v) is 24.7. The molecular weight excluding hydrogens is 966 g/mol. The Morgan fingerprint density at radius 3 is 1.74 bits per heavy atom. The lowest BCUT2D eigenvalue weighted by molar-refractivity contribution is 0.590. The van der Waals surface area contributed by atoms with Gasteiger partial charge < -0.3 is 19.1 Å². The van der Waals surface area contributed by atoms with Crippen LogP contribution in [-0.4, -0.2) is 6.71 Å². The molecule has 0 aliphatic carbocycles. The van der Waals surface area contributed by atoms with Crippen LogP contribution < -0.4 is 31.1 Å². The van der Waals surface area contributed by atoms with Gasteiger partial charge in [-0.05, 0) is 150 Å². The molecule has 2 aliphatic heterocycles. The number of anilines is 9. The van der Waals surface area contributed by atoms with Crippen molar-refractivity contribution in [3.8, 4) is 0 Å². The van der Waals surface area contributed by atoms with E-state index in [9.17, 15) is 0 Å². The van der Waals surface area contributed by atoms with Crippen molar-refractivity contribution < 1.29 is 4.42 Å². The molecule has 2 aromatic heterocycles. The van der Waals surface area contributed by atoms with Crippen LogP contribution in [0, 0.1) is 0 Å². The highest BCUT2D eigenvalue weighted by atomic mass is 32.1. The Morgan fingerprint density at radius 1 is 0.423 bits per heavy atom. The van der Waals surface area contributed by atoms with E-state index in [1.165, 1.54) is 97.1 Å². The second-order valence-electron chi connectivity index (χ2n) is 23.7. The minimum atomic E-state index is -0.0586. The second kappa shape index (κ2) is 16.3. The van der Waals surface area contributed by atoms with Crippen LogP contribution in [0.1, 0.15) is 52.7 Å². The summed E-state index contributed by atoms with van der Waals surface area (Å²) < 4.78 is 9.10. The number of para-hydroxylation sites is 1. The van der Waals surface area contributed by atoms with E-state index in [0.717, 1.165) is 56.1 Å². The summed E-state index contributed by atoms with van der Waals surface area (Å²) >= 11 is 1.91. The molecule has 0 saturated heterocycles. The number of thiophene rings is 1. The van der Waals surface area contributed by atoms with Crippen molar-refractivity contribution in [1.29, 1.82) is 0 Å². The van der Waals surface area contributed by atoms with Crippen molar-refractivity contribution in [1.82, 2.24) is 0 Å². The third kappa shape index (κ3) is 6.59. The predicted molar refractivity (Wildman–Crippen MR) is 336 cm³/mol. The van der Waals surface area contributed by atoms with Gasteiger partial charge in [-0.2, -0.15) is 0 Å². The van der Waals surface area contributed by atoms with Gasteiger partial charge in [0, 0.05) is 71.4 Å². The molecule has 0 unspecified atom stereocenters. The van der Waals surface area contributed by atoms with Crippen molar-refractivity contribution in [2.75, 3.05) is 14.7 Å². The standard InChI is InChI=1S/C72H54BN3OS/c1-71(2,3)46-25-29-48(30-26-46)75-60-17-12-18-61-68(60)73(58-38-36-54-53-16-8-10-20-65(53)78-70(54)69(58)76(61)49-31-27-47(28-32-49)72(4,5)6)57-37-33-51(42-62(57)75)74(50-34-40-64-56(41-50)52-15-7-9-19-63(52)77-64)59-39-24-45-22-21-43-13-11-14-44-23-35-55(59)67(45)66(43)44/h7-42H,1-6H3. The quantitative estimate of drug-likeness (QED) is 0.127. The van der Waals surface area contributed by atoms with Crippen LogP contribution in [0.2, 0.25) is 0 Å². The minimum Gasteiger partial charge on any atom is -0.456 e. The number of nitrogens with zero attached hydrogens (tertiary/aromatic N) is 3. The summed E-state index contributed by atoms with van der Waals surface area (Å²) in [5.74, 6) is 0. The van der Waals surface area contributed by atoms with E-state index in [1.54, 1.807) is 0 Å². The van der Waals surface area contributed by atoms with Gasteiger partial charge in [0.25, 0.3) is 6.71 Å². The third-order valence-electron chi connectivity index (χ3n) is 17.1. The Hall–Kier alpha value is -8.84. The average Bonchev–Trinajstić information content (AvgIpc) is 4.06.